The van der Waals surface area contributed by atoms with Gasteiger partial charge in [-0.2, -0.15) is 0 Å². The Kier molecular flexibility index (Phi) is 4.62. The van der Waals surface area contributed by atoms with E-state index < -0.39 is 46.8 Å². The van der Waals surface area contributed by atoms with Crippen molar-refractivity contribution in [2.45, 2.75) is 69.7 Å². The number of epoxide rings is 1. The Hall–Kier alpha value is -1.45. The third-order valence-electron chi connectivity index (χ3n) is 8.62. The summed E-state index contributed by atoms with van der Waals surface area (Å²) in [7, 11) is 0. The molecule has 0 unspecified atom stereocenters. The lowest BCUT2D eigenvalue weighted by atomic mass is 9.42. The fourth-order valence-electron chi connectivity index (χ4n) is 7.01. The molecule has 2 saturated carbocycles. The van der Waals surface area contributed by atoms with Crippen molar-refractivity contribution in [3.05, 3.63) is 24.2 Å². The number of hydrogen-bond donors (Lipinski definition) is 3. The maximum atomic E-state index is 11.7. The van der Waals surface area contributed by atoms with Crippen LogP contribution in [0.15, 0.2) is 23.0 Å². The van der Waals surface area contributed by atoms with Crippen LogP contribution in [0.5, 0.6) is 0 Å². The second kappa shape index (κ2) is 6.77. The molecule has 3 heterocycles. The molecule has 4 aliphatic rings. The van der Waals surface area contributed by atoms with Gasteiger partial charge < -0.3 is 33.9 Å². The Morgan fingerprint density at radius 2 is 2.10 bits per heavy atom. The minimum atomic E-state index is -1.13. The number of aliphatic hydroxyl groups excluding tert-OH is 3. The van der Waals surface area contributed by atoms with Gasteiger partial charge in [0, 0.05) is 17.9 Å². The molecular weight excluding hydrogens is 392 g/mol. The number of furan rings is 1. The van der Waals surface area contributed by atoms with Crippen LogP contribution in [0.3, 0.4) is 0 Å². The number of rotatable bonds is 3. The van der Waals surface area contributed by atoms with Gasteiger partial charge in [-0.15, -0.1) is 0 Å². The van der Waals surface area contributed by atoms with Crippen molar-refractivity contribution in [1.29, 1.82) is 0 Å². The zero-order valence-corrected chi connectivity index (χ0v) is 17.3. The van der Waals surface area contributed by atoms with Crippen molar-refractivity contribution in [2.24, 2.45) is 22.7 Å². The highest BCUT2D eigenvalue weighted by Crippen LogP contribution is 2.71. The molecule has 5 rings (SSSR count). The van der Waals surface area contributed by atoms with Crippen LogP contribution in [0, 0.1) is 22.7 Å². The lowest BCUT2D eigenvalue weighted by Crippen LogP contribution is -2.72. The molecule has 0 aromatic carbocycles. The van der Waals surface area contributed by atoms with E-state index in [4.69, 9.17) is 18.6 Å². The number of esters is 1. The molecule has 1 aromatic rings. The van der Waals surface area contributed by atoms with Crippen molar-refractivity contribution in [2.75, 3.05) is 13.2 Å². The SMILES string of the molecule is CC(=O)OC[C@]12[C@H](CCC[C@]13CO3)[C@@]1(C[C@@H](c3ccoc3)O[C@@H]1O)[C@H](C)[C@@H](O)[C@@H]2O. The Bertz CT molecular complexity index is 804. The Labute approximate surface area is 175 Å². The predicted molar refractivity (Wildman–Crippen MR) is 102 cm³/mol. The number of hydrogen-bond acceptors (Lipinski definition) is 8. The monoisotopic (exact) mass is 422 g/mol. The van der Waals surface area contributed by atoms with Gasteiger partial charge in [0.1, 0.15) is 12.2 Å². The standard InChI is InChI=1S/C22H30O8/c1-12-17(24)18(25)22(11-28-13(2)23)16(4-3-6-20(22)10-29-20)21(12)8-15(30-19(21)26)14-5-7-27-9-14/h5,7,9,12,15-19,24-26H,3-4,6,8,10-11H2,1-2H3/t12-,15+,16-,17-,18+,19+,20+,21-,22-/m1/s1. The van der Waals surface area contributed by atoms with Crippen LogP contribution in [-0.4, -0.2) is 58.6 Å². The van der Waals surface area contributed by atoms with E-state index in [-0.39, 0.29) is 18.6 Å². The Balaban J connectivity index is 1.62. The molecule has 2 aliphatic carbocycles. The largest absolute Gasteiger partial charge is 0.472 e. The van der Waals surface area contributed by atoms with Crippen LogP contribution in [0.1, 0.15) is 51.2 Å². The van der Waals surface area contributed by atoms with Gasteiger partial charge in [-0.05, 0) is 37.2 Å². The Morgan fingerprint density at radius 3 is 2.73 bits per heavy atom. The minimum Gasteiger partial charge on any atom is -0.472 e. The number of carbonyl (C=O) groups excluding carboxylic acids is 1. The predicted octanol–water partition coefficient (Wildman–Crippen LogP) is 1.54. The smallest absolute Gasteiger partial charge is 0.302 e. The average Bonchev–Trinajstić information content (AvgIpc) is 3.15. The molecule has 2 spiro atoms. The second-order valence-corrected chi connectivity index (χ2v) is 9.62. The Morgan fingerprint density at radius 1 is 1.33 bits per heavy atom. The molecule has 1 aromatic heterocycles. The minimum absolute atomic E-state index is 0.0528. The number of carbonyl (C=O) groups is 1. The third kappa shape index (κ3) is 2.48. The van der Waals surface area contributed by atoms with Gasteiger partial charge in [-0.1, -0.05) is 13.3 Å². The molecule has 8 heteroatoms. The summed E-state index contributed by atoms with van der Waals surface area (Å²) in [5.74, 6) is -1.12. The summed E-state index contributed by atoms with van der Waals surface area (Å²) in [5, 5.41) is 33.9. The van der Waals surface area contributed by atoms with Crippen molar-refractivity contribution in [1.82, 2.24) is 0 Å². The van der Waals surface area contributed by atoms with E-state index >= 15 is 0 Å². The zero-order valence-electron chi connectivity index (χ0n) is 17.3. The normalized spacial score (nSPS) is 49.9. The zero-order chi connectivity index (χ0) is 21.3. The fraction of sp³-hybridized carbons (Fsp3) is 0.773. The third-order valence-corrected chi connectivity index (χ3v) is 8.62. The van der Waals surface area contributed by atoms with E-state index in [1.165, 1.54) is 6.92 Å². The number of fused-ring (bicyclic) bond motifs is 3. The number of aliphatic hydroxyl groups is 3. The molecule has 166 valence electrons. The van der Waals surface area contributed by atoms with Crippen molar-refractivity contribution in [3.63, 3.8) is 0 Å². The highest BCUT2D eigenvalue weighted by Gasteiger charge is 2.78. The van der Waals surface area contributed by atoms with E-state index in [2.05, 4.69) is 0 Å². The van der Waals surface area contributed by atoms with Crippen LogP contribution in [-0.2, 0) is 19.0 Å². The first kappa shape index (κ1) is 20.5. The molecule has 0 radical (unpaired) electrons. The quantitative estimate of drug-likeness (QED) is 0.495. The molecule has 9 atom stereocenters. The summed E-state index contributed by atoms with van der Waals surface area (Å²) in [6.45, 7) is 3.59. The molecule has 2 aliphatic heterocycles. The molecule has 4 fully saturated rings. The van der Waals surface area contributed by atoms with Gasteiger partial charge in [0.15, 0.2) is 6.29 Å². The van der Waals surface area contributed by atoms with Gasteiger partial charge >= 0.3 is 5.97 Å². The van der Waals surface area contributed by atoms with E-state index in [9.17, 15) is 20.1 Å². The van der Waals surface area contributed by atoms with Gasteiger partial charge in [-0.3, -0.25) is 4.79 Å². The highest BCUT2D eigenvalue weighted by molar-refractivity contribution is 5.66. The highest BCUT2D eigenvalue weighted by atomic mass is 16.6. The summed E-state index contributed by atoms with van der Waals surface area (Å²) in [6.07, 6.45) is 2.19. The fourth-order valence-corrected chi connectivity index (χ4v) is 7.01. The molecule has 0 amide bonds. The maximum absolute atomic E-state index is 11.7. The van der Waals surface area contributed by atoms with Crippen molar-refractivity contribution >= 4 is 5.97 Å². The molecule has 30 heavy (non-hydrogen) atoms. The van der Waals surface area contributed by atoms with Crippen LogP contribution < -0.4 is 0 Å². The van der Waals surface area contributed by atoms with E-state index in [1.807, 2.05) is 13.0 Å². The van der Waals surface area contributed by atoms with Crippen molar-refractivity contribution in [3.8, 4) is 0 Å². The lowest BCUT2D eigenvalue weighted by molar-refractivity contribution is -0.290. The second-order valence-electron chi connectivity index (χ2n) is 9.62. The molecular formula is C22H30O8. The first-order valence-electron chi connectivity index (χ1n) is 10.8. The first-order valence-corrected chi connectivity index (χ1v) is 10.8. The maximum Gasteiger partial charge on any atom is 0.302 e. The van der Waals surface area contributed by atoms with Crippen LogP contribution in [0.25, 0.3) is 0 Å². The van der Waals surface area contributed by atoms with E-state index in [0.29, 0.717) is 13.0 Å². The summed E-state index contributed by atoms with van der Waals surface area (Å²) in [4.78, 5) is 11.7. The summed E-state index contributed by atoms with van der Waals surface area (Å²) in [5.41, 5.74) is -1.65. The molecule has 0 bridgehead atoms. The van der Waals surface area contributed by atoms with Gasteiger partial charge in [0.2, 0.25) is 0 Å². The summed E-state index contributed by atoms with van der Waals surface area (Å²) < 4.78 is 22.6. The van der Waals surface area contributed by atoms with Crippen LogP contribution in [0.2, 0.25) is 0 Å². The van der Waals surface area contributed by atoms with E-state index in [1.54, 1.807) is 12.5 Å². The first-order chi connectivity index (χ1) is 14.3. The average molecular weight is 422 g/mol. The summed E-state index contributed by atoms with van der Waals surface area (Å²) >= 11 is 0. The van der Waals surface area contributed by atoms with Gasteiger partial charge in [-0.25, -0.2) is 0 Å². The lowest BCUT2D eigenvalue weighted by Gasteiger charge is -2.63. The van der Waals surface area contributed by atoms with Gasteiger partial charge in [0.05, 0.1) is 42.9 Å². The molecule has 8 nitrogen and oxygen atoms in total. The van der Waals surface area contributed by atoms with Crippen LogP contribution in [0.4, 0.5) is 0 Å². The van der Waals surface area contributed by atoms with Crippen LogP contribution >= 0.6 is 0 Å². The van der Waals surface area contributed by atoms with E-state index in [0.717, 1.165) is 24.8 Å². The molecule has 3 N–H and O–H groups in total. The molecule has 2 saturated heterocycles. The van der Waals surface area contributed by atoms with Gasteiger partial charge in [0.25, 0.3) is 0 Å². The topological polar surface area (TPSA) is 122 Å². The van der Waals surface area contributed by atoms with Crippen molar-refractivity contribution < 1.29 is 38.7 Å². The number of ether oxygens (including phenoxy) is 3. The summed E-state index contributed by atoms with van der Waals surface area (Å²) in [6, 6.07) is 1.81.